The van der Waals surface area contributed by atoms with Crippen molar-refractivity contribution in [3.8, 4) is 0 Å². The molecule has 0 saturated carbocycles. The Hall–Kier alpha value is -8.65. The number of hydrogen-bond acceptors (Lipinski definition) is 3. The molecule has 1 heterocycles. The molecule has 9 aromatic rings. The Kier molecular flexibility index (Phi) is 26.3. The molecule has 0 spiro atoms. The molecule has 0 fully saturated rings. The number of rotatable bonds is 14. The summed E-state index contributed by atoms with van der Waals surface area (Å²) in [7, 11) is -1.66. The average molecular weight is 1720 g/mol. The van der Waals surface area contributed by atoms with E-state index in [2.05, 4.69) is 165 Å². The molecule has 0 bridgehead atoms. The monoisotopic (exact) mass is 1720 g/mol. The van der Waals surface area contributed by atoms with Gasteiger partial charge in [-0.2, -0.15) is 127 Å². The van der Waals surface area contributed by atoms with Crippen LogP contribution in [0, 0.1) is 0 Å². The van der Waals surface area contributed by atoms with Crippen molar-refractivity contribution in [2.45, 2.75) is 113 Å². The summed E-state index contributed by atoms with van der Waals surface area (Å²) in [4.78, 5) is 5.33. The molecule has 107 heavy (non-hydrogen) atoms. The first-order valence-corrected chi connectivity index (χ1v) is 33.6. The van der Waals surface area contributed by atoms with Gasteiger partial charge in [0.25, 0.3) is 0 Å². The van der Waals surface area contributed by atoms with Gasteiger partial charge in [-0.15, -0.1) is 0 Å². The zero-order valence-corrected chi connectivity index (χ0v) is 58.7. The Morgan fingerprint density at radius 1 is 0.346 bits per heavy atom. The van der Waals surface area contributed by atoms with Gasteiger partial charge in [0.15, 0.2) is 8.15 Å². The fourth-order valence-corrected chi connectivity index (χ4v) is 14.9. The molecule has 1 aliphatic heterocycles. The van der Waals surface area contributed by atoms with Gasteiger partial charge in [-0.1, -0.05) is 188 Å². The van der Waals surface area contributed by atoms with Gasteiger partial charge in [-0.05, 0) is 104 Å². The van der Waals surface area contributed by atoms with Crippen LogP contribution in [0.1, 0.15) is 93.8 Å². The maximum atomic E-state index is 14.2. The molecule has 2 atom stereocenters. The van der Waals surface area contributed by atoms with Gasteiger partial charge in [0.2, 0.25) is 5.90 Å². The molecule has 30 heteroatoms. The van der Waals surface area contributed by atoms with Crippen molar-refractivity contribution >= 4 is 52.7 Å². The molecule has 0 unspecified atom stereocenters. The second kappa shape index (κ2) is 33.5. The first-order valence-electron chi connectivity index (χ1n) is 32.2. The molecular formula is C77H59BF24IrNO2P. The zero-order chi connectivity index (χ0) is 77.5. The minimum Gasteiger partial charge on any atom is -0.472 e. The summed E-state index contributed by atoms with van der Waals surface area (Å²) < 4.78 is 355. The number of benzene rings is 9. The van der Waals surface area contributed by atoms with E-state index in [4.69, 9.17) is 14.3 Å². The van der Waals surface area contributed by atoms with E-state index >= 15 is 0 Å². The van der Waals surface area contributed by atoms with Gasteiger partial charge < -0.3 is 4.74 Å². The molecule has 2 aliphatic rings. The second-order valence-electron chi connectivity index (χ2n) is 24.9. The van der Waals surface area contributed by atoms with Crippen molar-refractivity contribution in [2.24, 2.45) is 4.99 Å². The van der Waals surface area contributed by atoms with Crippen LogP contribution in [0.3, 0.4) is 0 Å². The van der Waals surface area contributed by atoms with Crippen molar-refractivity contribution in [2.75, 3.05) is 0 Å². The van der Waals surface area contributed by atoms with Crippen LogP contribution in [-0.4, -0.2) is 29.8 Å². The van der Waals surface area contributed by atoms with E-state index in [1.807, 2.05) is 18.2 Å². The van der Waals surface area contributed by atoms with E-state index in [0.717, 1.165) is 5.56 Å². The number of halogens is 24. The van der Waals surface area contributed by atoms with Crippen LogP contribution in [0.15, 0.2) is 254 Å². The van der Waals surface area contributed by atoms with Crippen LogP contribution in [-0.2, 0) is 91.6 Å². The Morgan fingerprint density at radius 2 is 0.579 bits per heavy atom. The molecule has 0 saturated heterocycles. The quantitative estimate of drug-likeness (QED) is 0.0470. The van der Waals surface area contributed by atoms with Gasteiger partial charge in [0, 0.05) is 38.5 Å². The van der Waals surface area contributed by atoms with Gasteiger partial charge in [-0.3, -0.25) is 0 Å². The minimum atomic E-state index is -6.13. The number of ether oxygens (including phenoxy) is 1. The fourth-order valence-electron chi connectivity index (χ4n) is 12.7. The minimum absolute atomic E-state index is 0. The number of hydrogen-bond donors (Lipinski definition) is 0. The number of aliphatic imine (C=N–C) groups is 1. The molecule has 0 N–H and O–H groups in total. The summed E-state index contributed by atoms with van der Waals surface area (Å²) >= 11 is 0. The van der Waals surface area contributed by atoms with Crippen molar-refractivity contribution in [1.82, 2.24) is 0 Å². The third-order valence-electron chi connectivity index (χ3n) is 17.4. The average Bonchev–Trinajstić information content (AvgIpc) is 1.18. The van der Waals surface area contributed by atoms with Crippen LogP contribution < -0.4 is 32.5 Å². The Balaban J connectivity index is 0.000000251. The van der Waals surface area contributed by atoms with Gasteiger partial charge in [-0.25, -0.2) is 9.52 Å². The molecule has 3 nitrogen and oxygen atoms in total. The van der Waals surface area contributed by atoms with Crippen LogP contribution in [0.4, 0.5) is 105 Å². The van der Waals surface area contributed by atoms with Crippen LogP contribution >= 0.6 is 8.15 Å². The summed E-state index contributed by atoms with van der Waals surface area (Å²) in [6, 6.07) is 43.9. The predicted molar refractivity (Wildman–Crippen MR) is 359 cm³/mol. The Bertz CT molecular complexity index is 3980. The summed E-state index contributed by atoms with van der Waals surface area (Å²) in [6.45, 7) is 2.13. The van der Waals surface area contributed by atoms with Gasteiger partial charge in [0.1, 0.15) is 34.5 Å². The maximum Gasteiger partial charge on any atom is 0.416 e. The molecule has 9 aromatic carbocycles. The summed E-state index contributed by atoms with van der Waals surface area (Å²) in [6.07, 6.45) is -39.5. The fraction of sp³-hybridized carbons (Fsp3) is 0.234. The smallest absolute Gasteiger partial charge is 0.416 e. The molecule has 0 aromatic heterocycles. The first-order chi connectivity index (χ1) is 49.5. The van der Waals surface area contributed by atoms with E-state index in [-0.39, 0.29) is 32.3 Å². The standard InChI is InChI=1S/C37H34NO2P.C32H12BF24.C8H12.Ir/c1-29-35(38-36(39-29)32-21-11-4-12-22-32)37(27-30-17-7-2-8-18-30,28-31-19-9-3-10-20-31)40-41(33-23-13-5-14-24-33)34-25-15-6-16-26-34;34-25(35,36)13-1-14(26(37,38)39)6-21(5-13)33(22-7-15(27(40,41)42)2-16(8-22)28(43,44)45,23-9-17(29(46,47)48)3-18(10-23)30(49,50)51)24-11-19(31(52,53)54)4-20(12-24)32(55,56)57;1-2-4-6-8-7-5-3-1;/h2-26,29,35H,27-28H2,1H3;1-12H;1-2,7-8H,3-6H2;/q;-1;;/p+1/b;;2-1-,8-7-;/t29-,35-;;;/m0.../s1. The molecule has 0 amide bonds. The summed E-state index contributed by atoms with van der Waals surface area (Å²) in [5, 5.41) is 2.43. The Labute approximate surface area is 612 Å². The van der Waals surface area contributed by atoms with Gasteiger partial charge >= 0.3 is 49.4 Å². The number of alkyl halides is 24. The SMILES string of the molecule is C1=C\CC/C=C\CC/1.C[C@@H]1OC(c2ccccc2)=N[C@@H]1C(Cc1ccccc1)(Cc1ccccc1)O[PH+](c1ccccc1)c1ccccc1.FC(F)(F)c1cc([B-](c2cc(C(F)(F)F)cc(C(F)(F)F)c2)(c2cc(C(F)(F)F)cc(C(F)(F)F)c2)c2cc(C(F)(F)F)cc(C(F)(F)F)c2)cc(C(F)(F)F)c1.[Ir]. The van der Waals surface area contributed by atoms with Crippen LogP contribution in [0.5, 0.6) is 0 Å². The third kappa shape index (κ3) is 21.2. The Morgan fingerprint density at radius 3 is 0.822 bits per heavy atom. The van der Waals surface area contributed by atoms with Crippen molar-refractivity contribution in [3.63, 3.8) is 0 Å². The predicted octanol–water partition coefficient (Wildman–Crippen LogP) is 21.1. The van der Waals surface area contributed by atoms with E-state index in [0.29, 0.717) is 18.7 Å². The zero-order valence-electron chi connectivity index (χ0n) is 55.3. The van der Waals surface area contributed by atoms with E-state index in [1.54, 1.807) is 0 Å². The number of allylic oxidation sites excluding steroid dienone is 4. The van der Waals surface area contributed by atoms with E-state index in [9.17, 15) is 105 Å². The van der Waals surface area contributed by atoms with E-state index < -0.39 is 208 Å². The van der Waals surface area contributed by atoms with E-state index in [1.165, 1.54) is 47.4 Å². The summed E-state index contributed by atoms with van der Waals surface area (Å²) in [5.41, 5.74) is -27.4. The summed E-state index contributed by atoms with van der Waals surface area (Å²) in [5.74, 6) is 0.686. The maximum absolute atomic E-state index is 14.2. The second-order valence-corrected chi connectivity index (χ2v) is 27.0. The number of nitrogens with zero attached hydrogens (tertiary/aromatic N) is 1. The molecule has 1 aliphatic carbocycles. The third-order valence-corrected chi connectivity index (χ3v) is 19.7. The van der Waals surface area contributed by atoms with Crippen molar-refractivity contribution in [3.05, 3.63) is 310 Å². The van der Waals surface area contributed by atoms with Crippen LogP contribution in [0.25, 0.3) is 0 Å². The van der Waals surface area contributed by atoms with Crippen LogP contribution in [0.2, 0.25) is 0 Å². The van der Waals surface area contributed by atoms with Gasteiger partial charge in [0.05, 0.1) is 44.5 Å². The molecule has 11 rings (SSSR count). The molecular weight excluding hydrogens is 1660 g/mol. The molecule has 569 valence electrons. The largest absolute Gasteiger partial charge is 0.472 e. The first kappa shape index (κ1) is 84.0. The molecule has 1 radical (unpaired) electrons. The van der Waals surface area contributed by atoms with Crippen molar-refractivity contribution < 1.29 is 135 Å². The topological polar surface area (TPSA) is 30.8 Å². The normalized spacial score (nSPS) is 16.1. The van der Waals surface area contributed by atoms with Crippen molar-refractivity contribution in [1.29, 1.82) is 0 Å².